The number of anilines is 1. The number of ether oxygens (including phenoxy) is 1. The molecule has 0 fully saturated rings. The van der Waals surface area contributed by atoms with Crippen LogP contribution in [0.5, 0.6) is 5.75 Å². The minimum absolute atomic E-state index is 0.244. The van der Waals surface area contributed by atoms with Crippen LogP contribution in [-0.4, -0.2) is 17.1 Å². The van der Waals surface area contributed by atoms with Gasteiger partial charge in [0.15, 0.2) is 0 Å². The first kappa shape index (κ1) is 12.6. The minimum Gasteiger partial charge on any atom is -0.497 e. The third-order valence-electron chi connectivity index (χ3n) is 2.54. The topological polar surface area (TPSA) is 47.0 Å². The van der Waals surface area contributed by atoms with E-state index >= 15 is 0 Å². The smallest absolute Gasteiger partial charge is 0.224 e. The quantitative estimate of drug-likeness (QED) is 0.862. The number of aryl methyl sites for hydroxylation is 1. The normalized spacial score (nSPS) is 10.2. The Labute approximate surface area is 111 Å². The summed E-state index contributed by atoms with van der Waals surface area (Å²) >= 11 is 5.76. The molecule has 1 N–H and O–H groups in total. The molecule has 1 aromatic heterocycles. The van der Waals surface area contributed by atoms with E-state index in [1.807, 2.05) is 31.2 Å². The zero-order chi connectivity index (χ0) is 13.0. The van der Waals surface area contributed by atoms with E-state index in [0.29, 0.717) is 6.54 Å². The summed E-state index contributed by atoms with van der Waals surface area (Å²) in [6.07, 6.45) is 1.70. The van der Waals surface area contributed by atoms with E-state index in [1.54, 1.807) is 13.3 Å². The number of nitrogens with one attached hydrogen (secondary N) is 1. The number of benzene rings is 1. The third-order valence-corrected chi connectivity index (χ3v) is 2.72. The minimum atomic E-state index is 0.244. The third kappa shape index (κ3) is 3.11. The summed E-state index contributed by atoms with van der Waals surface area (Å²) < 4.78 is 5.18. The zero-order valence-corrected chi connectivity index (χ0v) is 11.0. The Morgan fingerprint density at radius 1 is 1.39 bits per heavy atom. The van der Waals surface area contributed by atoms with Gasteiger partial charge in [0.2, 0.25) is 5.28 Å². The van der Waals surface area contributed by atoms with Crippen molar-refractivity contribution in [3.63, 3.8) is 0 Å². The van der Waals surface area contributed by atoms with E-state index in [0.717, 1.165) is 22.7 Å². The molecule has 0 amide bonds. The van der Waals surface area contributed by atoms with Gasteiger partial charge in [-0.15, -0.1) is 0 Å². The monoisotopic (exact) mass is 263 g/mol. The van der Waals surface area contributed by atoms with Gasteiger partial charge in [-0.05, 0) is 36.2 Å². The Kier molecular flexibility index (Phi) is 3.99. The molecule has 0 saturated carbocycles. The molecule has 4 nitrogen and oxygen atoms in total. The lowest BCUT2D eigenvalue weighted by Crippen LogP contribution is -2.04. The van der Waals surface area contributed by atoms with E-state index in [-0.39, 0.29) is 5.28 Å². The van der Waals surface area contributed by atoms with E-state index in [9.17, 15) is 0 Å². The van der Waals surface area contributed by atoms with Gasteiger partial charge in [-0.3, -0.25) is 0 Å². The molecule has 0 aliphatic heterocycles. The van der Waals surface area contributed by atoms with Gasteiger partial charge in [0.05, 0.1) is 7.11 Å². The van der Waals surface area contributed by atoms with Gasteiger partial charge < -0.3 is 10.1 Å². The van der Waals surface area contributed by atoms with Crippen molar-refractivity contribution in [3.05, 3.63) is 46.9 Å². The average Bonchev–Trinajstić information content (AvgIpc) is 2.40. The fourth-order valence-electron chi connectivity index (χ4n) is 1.57. The number of hydrogen-bond donors (Lipinski definition) is 1. The number of hydrogen-bond acceptors (Lipinski definition) is 4. The molecule has 0 radical (unpaired) electrons. The Morgan fingerprint density at radius 2 is 2.22 bits per heavy atom. The highest BCUT2D eigenvalue weighted by Crippen LogP contribution is 2.16. The van der Waals surface area contributed by atoms with Gasteiger partial charge in [-0.2, -0.15) is 0 Å². The van der Waals surface area contributed by atoms with Crippen molar-refractivity contribution in [1.82, 2.24) is 9.97 Å². The predicted molar refractivity (Wildman–Crippen MR) is 72.1 cm³/mol. The maximum absolute atomic E-state index is 5.76. The lowest BCUT2D eigenvalue weighted by Gasteiger charge is -2.09. The van der Waals surface area contributed by atoms with Crippen molar-refractivity contribution in [2.45, 2.75) is 13.5 Å². The first-order chi connectivity index (χ1) is 8.69. The molecule has 0 bridgehead atoms. The number of rotatable bonds is 4. The summed E-state index contributed by atoms with van der Waals surface area (Å²) in [5.74, 6) is 1.59. The zero-order valence-electron chi connectivity index (χ0n) is 10.3. The summed E-state index contributed by atoms with van der Waals surface area (Å²) in [6.45, 7) is 2.59. The molecule has 0 spiro atoms. The van der Waals surface area contributed by atoms with Crippen LogP contribution in [-0.2, 0) is 6.54 Å². The fourth-order valence-corrected chi connectivity index (χ4v) is 1.70. The van der Waals surface area contributed by atoms with E-state index in [4.69, 9.17) is 16.3 Å². The van der Waals surface area contributed by atoms with Gasteiger partial charge in [0.1, 0.15) is 11.6 Å². The second-order valence-corrected chi connectivity index (χ2v) is 4.21. The predicted octanol–water partition coefficient (Wildman–Crippen LogP) is 3.06. The van der Waals surface area contributed by atoms with Crippen LogP contribution >= 0.6 is 11.6 Å². The van der Waals surface area contributed by atoms with Crippen molar-refractivity contribution in [2.75, 3.05) is 12.4 Å². The van der Waals surface area contributed by atoms with Crippen LogP contribution in [0.4, 0.5) is 5.82 Å². The molecule has 2 aromatic rings. The SMILES string of the molecule is COc1cccc(CNc2nc(Cl)ncc2C)c1. The molecule has 0 atom stereocenters. The van der Waals surface area contributed by atoms with Crippen molar-refractivity contribution < 1.29 is 4.74 Å². The van der Waals surface area contributed by atoms with Crippen molar-refractivity contribution in [3.8, 4) is 5.75 Å². The Morgan fingerprint density at radius 3 is 3.00 bits per heavy atom. The molecular weight excluding hydrogens is 250 g/mol. The highest BCUT2D eigenvalue weighted by Gasteiger charge is 2.02. The molecule has 18 heavy (non-hydrogen) atoms. The fraction of sp³-hybridized carbons (Fsp3) is 0.231. The standard InChI is InChI=1S/C13H14ClN3O/c1-9-7-16-13(14)17-12(9)15-8-10-4-3-5-11(6-10)18-2/h3-7H,8H2,1-2H3,(H,15,16,17). The molecule has 0 aliphatic carbocycles. The second-order valence-electron chi connectivity index (χ2n) is 3.88. The molecule has 0 saturated heterocycles. The summed E-state index contributed by atoms with van der Waals surface area (Å²) in [6, 6.07) is 7.87. The van der Waals surface area contributed by atoms with Gasteiger partial charge >= 0.3 is 0 Å². The van der Waals surface area contributed by atoms with E-state index in [2.05, 4.69) is 15.3 Å². The van der Waals surface area contributed by atoms with Gasteiger partial charge in [-0.1, -0.05) is 12.1 Å². The highest BCUT2D eigenvalue weighted by molar-refractivity contribution is 6.28. The Hall–Kier alpha value is -1.81. The van der Waals surface area contributed by atoms with Gasteiger partial charge in [0.25, 0.3) is 0 Å². The van der Waals surface area contributed by atoms with E-state index in [1.165, 1.54) is 0 Å². The molecular formula is C13H14ClN3O. The highest BCUT2D eigenvalue weighted by atomic mass is 35.5. The van der Waals surface area contributed by atoms with Gasteiger partial charge in [-0.25, -0.2) is 9.97 Å². The lowest BCUT2D eigenvalue weighted by atomic mass is 10.2. The Bertz CT molecular complexity index is 546. The van der Waals surface area contributed by atoms with Crippen LogP contribution in [0, 0.1) is 6.92 Å². The number of nitrogens with zero attached hydrogens (tertiary/aromatic N) is 2. The van der Waals surface area contributed by atoms with Crippen molar-refractivity contribution in [1.29, 1.82) is 0 Å². The van der Waals surface area contributed by atoms with Crippen molar-refractivity contribution >= 4 is 17.4 Å². The molecule has 5 heteroatoms. The summed E-state index contributed by atoms with van der Waals surface area (Å²) in [4.78, 5) is 8.06. The van der Waals surface area contributed by atoms with Crippen LogP contribution in [0.15, 0.2) is 30.5 Å². The van der Waals surface area contributed by atoms with Gasteiger partial charge in [0, 0.05) is 18.3 Å². The first-order valence-corrected chi connectivity index (χ1v) is 5.93. The Balaban J connectivity index is 2.08. The summed E-state index contributed by atoms with van der Waals surface area (Å²) in [5, 5.41) is 3.47. The summed E-state index contributed by atoms with van der Waals surface area (Å²) in [7, 11) is 1.65. The maximum Gasteiger partial charge on any atom is 0.224 e. The van der Waals surface area contributed by atoms with E-state index < -0.39 is 0 Å². The average molecular weight is 264 g/mol. The molecule has 2 rings (SSSR count). The lowest BCUT2D eigenvalue weighted by molar-refractivity contribution is 0.414. The number of aromatic nitrogens is 2. The largest absolute Gasteiger partial charge is 0.497 e. The first-order valence-electron chi connectivity index (χ1n) is 5.55. The van der Waals surface area contributed by atoms with Crippen molar-refractivity contribution in [2.24, 2.45) is 0 Å². The number of halogens is 1. The van der Waals surface area contributed by atoms with Crippen LogP contribution in [0.1, 0.15) is 11.1 Å². The number of methoxy groups -OCH3 is 1. The van der Waals surface area contributed by atoms with Crippen LogP contribution in [0.2, 0.25) is 5.28 Å². The molecule has 0 unspecified atom stereocenters. The molecule has 94 valence electrons. The second kappa shape index (κ2) is 5.69. The maximum atomic E-state index is 5.76. The molecule has 1 heterocycles. The van der Waals surface area contributed by atoms with Crippen LogP contribution < -0.4 is 10.1 Å². The summed E-state index contributed by atoms with van der Waals surface area (Å²) in [5.41, 5.74) is 2.07. The molecule has 1 aromatic carbocycles. The molecule has 0 aliphatic rings. The van der Waals surface area contributed by atoms with Crippen LogP contribution in [0.3, 0.4) is 0 Å². The van der Waals surface area contributed by atoms with Crippen LogP contribution in [0.25, 0.3) is 0 Å².